The van der Waals surface area contributed by atoms with Crippen LogP contribution in [0, 0.1) is 0 Å². The topological polar surface area (TPSA) is 102 Å². The van der Waals surface area contributed by atoms with Gasteiger partial charge in [0.15, 0.2) is 5.13 Å². The first kappa shape index (κ1) is 18.3. The van der Waals surface area contributed by atoms with Crippen LogP contribution in [0.3, 0.4) is 0 Å². The van der Waals surface area contributed by atoms with Crippen LogP contribution in [0.1, 0.15) is 17.3 Å². The largest absolute Gasteiger partial charge is 0.369 e. The Balaban J connectivity index is 1.43. The number of nitrogens with one attached hydrogen (secondary N) is 1. The lowest BCUT2D eigenvalue weighted by Crippen LogP contribution is -2.43. The maximum atomic E-state index is 12.4. The molecule has 10 heteroatoms. The Kier molecular flexibility index (Phi) is 5.40. The molecule has 3 heterocycles. The number of morpholine rings is 1. The van der Waals surface area contributed by atoms with Gasteiger partial charge in [-0.2, -0.15) is 0 Å². The minimum atomic E-state index is -0.240. The zero-order valence-corrected chi connectivity index (χ0v) is 15.7. The average molecular weight is 398 g/mol. The number of nitrogens with zero attached hydrogens (tertiary/aromatic N) is 5. The van der Waals surface area contributed by atoms with Crippen LogP contribution in [0.25, 0.3) is 0 Å². The van der Waals surface area contributed by atoms with Crippen molar-refractivity contribution in [3.05, 3.63) is 59.4 Å². The lowest BCUT2D eigenvalue weighted by molar-refractivity contribution is -0.149. The lowest BCUT2D eigenvalue weighted by atomic mass is 10.0. The van der Waals surface area contributed by atoms with Gasteiger partial charge in [0.2, 0.25) is 11.8 Å². The molecule has 4 rings (SSSR count). The first-order valence-corrected chi connectivity index (χ1v) is 9.57. The van der Waals surface area contributed by atoms with Gasteiger partial charge in [-0.3, -0.25) is 9.59 Å². The second-order valence-electron chi connectivity index (χ2n) is 6.26. The van der Waals surface area contributed by atoms with Gasteiger partial charge in [0.1, 0.15) is 18.8 Å². The van der Waals surface area contributed by atoms with Crippen molar-refractivity contribution in [2.75, 3.05) is 18.5 Å². The maximum Gasteiger partial charge on any atom is 0.249 e. The van der Waals surface area contributed by atoms with Crippen LogP contribution in [-0.4, -0.2) is 49.9 Å². The van der Waals surface area contributed by atoms with Crippen molar-refractivity contribution in [1.29, 1.82) is 0 Å². The minimum Gasteiger partial charge on any atom is -0.369 e. The van der Waals surface area contributed by atoms with Gasteiger partial charge in [0, 0.05) is 11.6 Å². The van der Waals surface area contributed by atoms with Crippen molar-refractivity contribution in [3.63, 3.8) is 0 Å². The molecule has 1 fully saturated rings. The number of ether oxygens (including phenoxy) is 1. The maximum absolute atomic E-state index is 12.4. The molecule has 0 spiro atoms. The molecule has 0 bridgehead atoms. The number of carbonyl (C=O) groups is 2. The molecule has 1 aliphatic heterocycles. The number of rotatable bonds is 6. The van der Waals surface area contributed by atoms with Crippen LogP contribution in [0.15, 0.2) is 48.1 Å². The highest BCUT2D eigenvalue weighted by Crippen LogP contribution is 2.26. The molecule has 2 amide bonds. The van der Waals surface area contributed by atoms with E-state index in [-0.39, 0.29) is 31.0 Å². The fraction of sp³-hybridized carbons (Fsp3) is 0.278. The fourth-order valence-corrected chi connectivity index (χ4v) is 3.55. The van der Waals surface area contributed by atoms with E-state index in [1.165, 1.54) is 16.0 Å². The summed E-state index contributed by atoms with van der Waals surface area (Å²) in [5.41, 5.74) is 1.61. The molecule has 9 nitrogen and oxygen atoms in total. The van der Waals surface area contributed by atoms with Crippen LogP contribution < -0.4 is 5.32 Å². The van der Waals surface area contributed by atoms with Crippen LogP contribution in [-0.2, 0) is 27.4 Å². The number of hydrogen-bond acceptors (Lipinski definition) is 7. The molecule has 144 valence electrons. The van der Waals surface area contributed by atoms with E-state index in [9.17, 15) is 9.59 Å². The number of aromatic nitrogens is 4. The Labute approximate surface area is 164 Å². The monoisotopic (exact) mass is 398 g/mol. The summed E-state index contributed by atoms with van der Waals surface area (Å²) >= 11 is 1.34. The quantitative estimate of drug-likeness (QED) is 0.675. The van der Waals surface area contributed by atoms with Crippen molar-refractivity contribution >= 4 is 28.3 Å². The third-order valence-corrected chi connectivity index (χ3v) is 4.97. The van der Waals surface area contributed by atoms with Crippen LogP contribution in [0.4, 0.5) is 5.13 Å². The molecule has 1 saturated heterocycles. The molecule has 1 atom stereocenters. The smallest absolute Gasteiger partial charge is 0.249 e. The average Bonchev–Trinajstić information content (AvgIpc) is 3.36. The molecule has 2 aromatic heterocycles. The third kappa shape index (κ3) is 4.24. The van der Waals surface area contributed by atoms with Crippen LogP contribution in [0.2, 0.25) is 0 Å². The summed E-state index contributed by atoms with van der Waals surface area (Å²) in [5, 5.41) is 13.1. The van der Waals surface area contributed by atoms with E-state index in [1.807, 2.05) is 30.3 Å². The van der Waals surface area contributed by atoms with E-state index in [1.54, 1.807) is 22.7 Å². The molecule has 28 heavy (non-hydrogen) atoms. The van der Waals surface area contributed by atoms with Gasteiger partial charge in [-0.25, -0.2) is 9.67 Å². The highest BCUT2D eigenvalue weighted by Gasteiger charge is 2.30. The van der Waals surface area contributed by atoms with E-state index in [0.29, 0.717) is 24.0 Å². The molecule has 0 saturated carbocycles. The summed E-state index contributed by atoms with van der Waals surface area (Å²) < 4.78 is 6.88. The standard InChI is InChI=1S/C18H18N6O3S/c25-16(20-18-19-6-7-28-18)10-23-8-14(21-22-23)9-24-15(11-27-12-17(24)26)13-4-2-1-3-5-13/h1-8,15H,9-12H2,(H,19,20,25)/t15-/m0/s1. The molecule has 0 aliphatic carbocycles. The Morgan fingerprint density at radius 2 is 2.18 bits per heavy atom. The van der Waals surface area contributed by atoms with Crippen molar-refractivity contribution in [2.45, 2.75) is 19.1 Å². The summed E-state index contributed by atoms with van der Waals surface area (Å²) in [7, 11) is 0. The van der Waals surface area contributed by atoms with Crippen molar-refractivity contribution in [2.24, 2.45) is 0 Å². The minimum absolute atomic E-state index is 0.0196. The van der Waals surface area contributed by atoms with Crippen LogP contribution in [0.5, 0.6) is 0 Å². The Bertz CT molecular complexity index is 943. The number of benzene rings is 1. The van der Waals surface area contributed by atoms with E-state index < -0.39 is 0 Å². The van der Waals surface area contributed by atoms with E-state index in [4.69, 9.17) is 4.74 Å². The van der Waals surface area contributed by atoms with Gasteiger partial charge in [0.25, 0.3) is 0 Å². The zero-order valence-electron chi connectivity index (χ0n) is 14.9. The first-order valence-electron chi connectivity index (χ1n) is 8.69. The van der Waals surface area contributed by atoms with Gasteiger partial charge in [-0.05, 0) is 5.56 Å². The molecule has 0 radical (unpaired) electrons. The lowest BCUT2D eigenvalue weighted by Gasteiger charge is -2.35. The van der Waals surface area contributed by atoms with Gasteiger partial charge in [0.05, 0.1) is 25.4 Å². The van der Waals surface area contributed by atoms with E-state index in [2.05, 4.69) is 20.6 Å². The predicted octanol–water partition coefficient (Wildman–Crippen LogP) is 1.47. The summed E-state index contributed by atoms with van der Waals surface area (Å²) in [6, 6.07) is 9.56. The zero-order chi connectivity index (χ0) is 19.3. The van der Waals surface area contributed by atoms with E-state index >= 15 is 0 Å². The van der Waals surface area contributed by atoms with Crippen molar-refractivity contribution in [1.82, 2.24) is 24.9 Å². The summed E-state index contributed by atoms with van der Waals surface area (Å²) in [4.78, 5) is 30.2. The molecule has 1 aromatic carbocycles. The van der Waals surface area contributed by atoms with Crippen LogP contribution >= 0.6 is 11.3 Å². The second-order valence-corrected chi connectivity index (χ2v) is 7.15. The molecule has 1 aliphatic rings. The number of carbonyl (C=O) groups excluding carboxylic acids is 2. The highest BCUT2D eigenvalue weighted by atomic mass is 32.1. The summed E-state index contributed by atoms with van der Waals surface area (Å²) in [6.07, 6.45) is 3.29. The van der Waals surface area contributed by atoms with Crippen molar-refractivity contribution in [3.8, 4) is 0 Å². The third-order valence-electron chi connectivity index (χ3n) is 4.28. The number of amides is 2. The Morgan fingerprint density at radius 1 is 1.32 bits per heavy atom. The van der Waals surface area contributed by atoms with Gasteiger partial charge in [-0.15, -0.1) is 16.4 Å². The first-order chi connectivity index (χ1) is 13.7. The molecule has 3 aromatic rings. The predicted molar refractivity (Wildman–Crippen MR) is 101 cm³/mol. The van der Waals surface area contributed by atoms with Gasteiger partial charge >= 0.3 is 0 Å². The normalized spacial score (nSPS) is 16.9. The summed E-state index contributed by atoms with van der Waals surface area (Å²) in [5.74, 6) is -0.341. The highest BCUT2D eigenvalue weighted by molar-refractivity contribution is 7.13. The van der Waals surface area contributed by atoms with Crippen molar-refractivity contribution < 1.29 is 14.3 Å². The SMILES string of the molecule is O=C(Cn1cc(CN2C(=O)COC[C@H]2c2ccccc2)nn1)Nc1nccs1. The van der Waals surface area contributed by atoms with E-state index in [0.717, 1.165) is 5.56 Å². The van der Waals surface area contributed by atoms with Gasteiger partial charge < -0.3 is 15.0 Å². The second kappa shape index (κ2) is 8.28. The van der Waals surface area contributed by atoms with Gasteiger partial charge in [-0.1, -0.05) is 35.5 Å². The summed E-state index contributed by atoms with van der Waals surface area (Å²) in [6.45, 7) is 0.801. The Hall–Kier alpha value is -3.11. The fourth-order valence-electron chi connectivity index (χ4n) is 3.01. The number of anilines is 1. The molecular weight excluding hydrogens is 380 g/mol. The number of hydrogen-bond donors (Lipinski definition) is 1. The molecule has 1 N–H and O–H groups in total. The Morgan fingerprint density at radius 3 is 2.96 bits per heavy atom. The molecular formula is C18H18N6O3S. The molecule has 0 unspecified atom stereocenters. The number of thiazole rings is 1.